The van der Waals surface area contributed by atoms with Crippen LogP contribution in [0.25, 0.3) is 10.2 Å². The van der Waals surface area contributed by atoms with E-state index in [0.717, 1.165) is 34.7 Å². The first kappa shape index (κ1) is 18.3. The molecule has 27 heavy (non-hydrogen) atoms. The average Bonchev–Trinajstić information content (AvgIpc) is 3.21. The highest BCUT2D eigenvalue weighted by Crippen LogP contribution is 2.63. The number of thiophene rings is 1. The highest BCUT2D eigenvalue weighted by molar-refractivity contribution is 7.18. The normalized spacial score (nSPS) is 27.6. The van der Waals surface area contributed by atoms with Crippen LogP contribution in [-0.2, 0) is 17.8 Å². The largest absolute Gasteiger partial charge is 0.289 e. The van der Waals surface area contributed by atoms with Gasteiger partial charge in [0, 0.05) is 16.0 Å². The van der Waals surface area contributed by atoms with Gasteiger partial charge in [0.05, 0.1) is 11.7 Å². The van der Waals surface area contributed by atoms with Crippen molar-refractivity contribution in [3.05, 3.63) is 27.6 Å². The zero-order chi connectivity index (χ0) is 19.4. The van der Waals surface area contributed by atoms with E-state index in [0.29, 0.717) is 11.3 Å². The minimum absolute atomic E-state index is 0.0511. The summed E-state index contributed by atoms with van der Waals surface area (Å²) in [7, 11) is 0. The van der Waals surface area contributed by atoms with Crippen molar-refractivity contribution in [1.29, 1.82) is 0 Å². The maximum atomic E-state index is 12.6. The van der Waals surface area contributed by atoms with Crippen LogP contribution in [-0.4, -0.2) is 21.2 Å². The van der Waals surface area contributed by atoms with E-state index in [1.807, 2.05) is 13.0 Å². The van der Waals surface area contributed by atoms with Gasteiger partial charge in [-0.3, -0.25) is 14.2 Å². The van der Waals surface area contributed by atoms with Gasteiger partial charge in [-0.1, -0.05) is 27.7 Å². The van der Waals surface area contributed by atoms with E-state index in [-0.39, 0.29) is 28.8 Å². The van der Waals surface area contributed by atoms with E-state index in [9.17, 15) is 9.59 Å². The minimum Gasteiger partial charge on any atom is -0.289 e. The van der Waals surface area contributed by atoms with Crippen molar-refractivity contribution in [3.63, 3.8) is 0 Å². The van der Waals surface area contributed by atoms with Crippen LogP contribution in [0.1, 0.15) is 51.8 Å². The Hall–Kier alpha value is -2.02. The fourth-order valence-corrected chi connectivity index (χ4v) is 5.64. The third-order valence-corrected chi connectivity index (χ3v) is 8.25. The molecule has 2 bridgehead atoms. The molecule has 2 heterocycles. The molecule has 1 N–H and O–H groups in total. The van der Waals surface area contributed by atoms with E-state index in [4.69, 9.17) is 0 Å². The van der Waals surface area contributed by atoms with Gasteiger partial charge in [-0.05, 0) is 43.1 Å². The second-order valence-corrected chi connectivity index (χ2v) is 9.66. The van der Waals surface area contributed by atoms with Gasteiger partial charge in [0.25, 0.3) is 11.5 Å². The number of hydrogen-bond donors (Lipinski definition) is 1. The first-order valence-electron chi connectivity index (χ1n) is 9.60. The maximum absolute atomic E-state index is 12.6. The number of fused-ring (bicyclic) bond motifs is 3. The molecule has 0 aromatic carbocycles. The Morgan fingerprint density at radius 2 is 2.22 bits per heavy atom. The highest BCUT2D eigenvalue weighted by atomic mass is 32.1. The lowest BCUT2D eigenvalue weighted by Gasteiger charge is -2.34. The smallest absolute Gasteiger partial charge is 0.262 e. The van der Waals surface area contributed by atoms with Crippen molar-refractivity contribution in [3.8, 4) is 0 Å². The molecule has 2 aliphatic carbocycles. The lowest BCUT2D eigenvalue weighted by molar-refractivity contribution is -0.121. The number of nitrogens with zero attached hydrogens (tertiary/aromatic N) is 3. The van der Waals surface area contributed by atoms with Gasteiger partial charge in [0.15, 0.2) is 0 Å². The number of nitrogens with one attached hydrogen (secondary N) is 1. The molecule has 2 atom stereocenters. The van der Waals surface area contributed by atoms with Crippen LogP contribution in [0.2, 0.25) is 0 Å². The third-order valence-electron chi connectivity index (χ3n) is 7.06. The molecule has 0 aliphatic heterocycles. The second kappa shape index (κ2) is 6.26. The van der Waals surface area contributed by atoms with Crippen molar-refractivity contribution in [2.24, 2.45) is 21.8 Å². The standard InChI is InChI=1S/C20H26N4O2S/c1-5-13-9-14-17(27-13)21-11-24(18(14)26)10-16(25)23-22-15-8-12-6-7-20(15,4)19(12,2)3/h9,11-12H,5-8,10H2,1-4H3,(H,23,25)/b22-15+. The van der Waals surface area contributed by atoms with Crippen molar-refractivity contribution in [2.45, 2.75) is 59.9 Å². The number of hydrazone groups is 1. The minimum atomic E-state index is -0.291. The van der Waals surface area contributed by atoms with Crippen molar-refractivity contribution in [2.75, 3.05) is 0 Å². The topological polar surface area (TPSA) is 76.3 Å². The summed E-state index contributed by atoms with van der Waals surface area (Å²) in [4.78, 5) is 31.2. The van der Waals surface area contributed by atoms with Crippen LogP contribution in [0, 0.1) is 16.7 Å². The summed E-state index contributed by atoms with van der Waals surface area (Å²) in [5.74, 6) is 0.347. The molecule has 2 aliphatic rings. The fraction of sp³-hybridized carbons (Fsp3) is 0.600. The summed E-state index contributed by atoms with van der Waals surface area (Å²) in [6.45, 7) is 8.85. The summed E-state index contributed by atoms with van der Waals surface area (Å²) in [5, 5.41) is 5.05. The van der Waals surface area contributed by atoms with Crippen molar-refractivity contribution < 1.29 is 4.79 Å². The number of carbonyl (C=O) groups excluding carboxylic acids is 1. The summed E-state index contributed by atoms with van der Waals surface area (Å²) in [6.07, 6.45) is 5.63. The molecule has 1 amide bonds. The zero-order valence-electron chi connectivity index (χ0n) is 16.3. The molecule has 2 aromatic heterocycles. The molecule has 7 heteroatoms. The van der Waals surface area contributed by atoms with Gasteiger partial charge < -0.3 is 0 Å². The van der Waals surface area contributed by atoms with E-state index in [2.05, 4.69) is 36.3 Å². The Bertz CT molecular complexity index is 1000. The molecule has 2 aromatic rings. The van der Waals surface area contributed by atoms with Gasteiger partial charge in [-0.25, -0.2) is 10.4 Å². The Morgan fingerprint density at radius 1 is 1.44 bits per heavy atom. The van der Waals surface area contributed by atoms with Crippen molar-refractivity contribution in [1.82, 2.24) is 15.0 Å². The van der Waals surface area contributed by atoms with Gasteiger partial charge >= 0.3 is 0 Å². The van der Waals surface area contributed by atoms with Gasteiger partial charge in [0.1, 0.15) is 11.4 Å². The Labute approximate surface area is 162 Å². The second-order valence-electron chi connectivity index (χ2n) is 8.55. The first-order chi connectivity index (χ1) is 12.8. The lowest BCUT2D eigenvalue weighted by atomic mass is 9.70. The molecule has 4 rings (SSSR count). The highest BCUT2D eigenvalue weighted by Gasteiger charge is 2.60. The van der Waals surface area contributed by atoms with Crippen LogP contribution < -0.4 is 11.0 Å². The third kappa shape index (κ3) is 2.74. The molecule has 2 fully saturated rings. The van der Waals surface area contributed by atoms with E-state index >= 15 is 0 Å². The van der Waals surface area contributed by atoms with Gasteiger partial charge in [0.2, 0.25) is 0 Å². The monoisotopic (exact) mass is 386 g/mol. The Kier molecular flexibility index (Phi) is 4.25. The number of carbonyl (C=O) groups is 1. The average molecular weight is 387 g/mol. The number of aryl methyl sites for hydroxylation is 1. The summed E-state index contributed by atoms with van der Waals surface area (Å²) in [5.41, 5.74) is 3.86. The quantitative estimate of drug-likeness (QED) is 0.819. The van der Waals surface area contributed by atoms with E-state index in [1.165, 1.54) is 28.7 Å². The molecule has 0 saturated heterocycles. The number of aromatic nitrogens is 2. The Balaban J connectivity index is 1.50. The fourth-order valence-electron chi connectivity index (χ4n) is 4.71. The predicted molar refractivity (Wildman–Crippen MR) is 108 cm³/mol. The summed E-state index contributed by atoms with van der Waals surface area (Å²) < 4.78 is 1.36. The van der Waals surface area contributed by atoms with Gasteiger partial charge in [-0.15, -0.1) is 11.3 Å². The van der Waals surface area contributed by atoms with Crippen LogP contribution in [0.4, 0.5) is 0 Å². The molecular formula is C20H26N4O2S. The molecule has 0 spiro atoms. The molecule has 144 valence electrons. The molecule has 6 nitrogen and oxygen atoms in total. The molecule has 2 saturated carbocycles. The van der Waals surface area contributed by atoms with Crippen LogP contribution >= 0.6 is 11.3 Å². The van der Waals surface area contributed by atoms with Crippen LogP contribution in [0.3, 0.4) is 0 Å². The Morgan fingerprint density at radius 3 is 2.85 bits per heavy atom. The molecular weight excluding hydrogens is 360 g/mol. The zero-order valence-corrected chi connectivity index (χ0v) is 17.2. The lowest BCUT2D eigenvalue weighted by Crippen LogP contribution is -2.35. The summed E-state index contributed by atoms with van der Waals surface area (Å²) in [6, 6.07) is 1.88. The van der Waals surface area contributed by atoms with Crippen LogP contribution in [0.5, 0.6) is 0 Å². The number of hydrogen-bond acceptors (Lipinski definition) is 5. The van der Waals surface area contributed by atoms with Crippen LogP contribution in [0.15, 0.2) is 22.3 Å². The predicted octanol–water partition coefficient (Wildman–Crippen LogP) is 3.34. The summed E-state index contributed by atoms with van der Waals surface area (Å²) >= 11 is 1.53. The maximum Gasteiger partial charge on any atom is 0.262 e. The number of rotatable bonds is 4. The van der Waals surface area contributed by atoms with Gasteiger partial charge in [-0.2, -0.15) is 5.10 Å². The van der Waals surface area contributed by atoms with E-state index in [1.54, 1.807) is 0 Å². The molecule has 0 radical (unpaired) electrons. The van der Waals surface area contributed by atoms with E-state index < -0.39 is 0 Å². The van der Waals surface area contributed by atoms with Crippen molar-refractivity contribution >= 4 is 33.2 Å². The number of amides is 1. The molecule has 2 unspecified atom stereocenters. The first-order valence-corrected chi connectivity index (χ1v) is 10.4. The SMILES string of the molecule is CCc1cc2c(=O)n(CC(=O)N/N=C3\CC4CCC3(C)C4(C)C)cnc2s1.